The zero-order chi connectivity index (χ0) is 18.5. The molecule has 0 bridgehead atoms. The van der Waals surface area contributed by atoms with E-state index in [9.17, 15) is 9.18 Å². The molecule has 4 heteroatoms. The minimum absolute atomic E-state index is 0.340. The Morgan fingerprint density at radius 3 is 2.50 bits per heavy atom. The number of benzene rings is 3. The van der Waals surface area contributed by atoms with Crippen molar-refractivity contribution in [3.05, 3.63) is 89.7 Å². The topological polar surface area (TPSA) is 26.3 Å². The van der Waals surface area contributed by atoms with Crippen molar-refractivity contribution < 1.29 is 13.9 Å². The Bertz CT molecular complexity index is 909. The number of halogens is 2. The second-order valence-electron chi connectivity index (χ2n) is 6.03. The number of rotatable bonds is 5. The van der Waals surface area contributed by atoms with Gasteiger partial charge in [0.05, 0.1) is 5.92 Å². The fourth-order valence-corrected chi connectivity index (χ4v) is 2.85. The molecule has 132 valence electrons. The molecule has 0 amide bonds. The Labute approximate surface area is 157 Å². The molecule has 0 heterocycles. The zero-order valence-electron chi connectivity index (χ0n) is 14.3. The van der Waals surface area contributed by atoms with E-state index in [0.717, 1.165) is 11.1 Å². The molecular weight excluding hydrogens is 351 g/mol. The second-order valence-corrected chi connectivity index (χ2v) is 6.30. The van der Waals surface area contributed by atoms with Crippen molar-refractivity contribution in [2.75, 3.05) is 0 Å². The summed E-state index contributed by atoms with van der Waals surface area (Å²) in [5.74, 6) is -0.621. The van der Waals surface area contributed by atoms with Crippen LogP contribution in [0.25, 0.3) is 11.1 Å². The van der Waals surface area contributed by atoms with Gasteiger partial charge in [0.1, 0.15) is 11.6 Å². The van der Waals surface area contributed by atoms with Crippen LogP contribution in [-0.4, -0.2) is 5.97 Å². The van der Waals surface area contributed by atoms with Gasteiger partial charge in [-0.15, -0.1) is 11.6 Å². The first-order valence-electron chi connectivity index (χ1n) is 8.30. The van der Waals surface area contributed by atoms with E-state index in [1.807, 2.05) is 36.4 Å². The van der Waals surface area contributed by atoms with Crippen LogP contribution in [0, 0.1) is 5.82 Å². The Morgan fingerprint density at radius 2 is 1.81 bits per heavy atom. The molecule has 2 nitrogen and oxygen atoms in total. The van der Waals surface area contributed by atoms with Crippen LogP contribution in [0.4, 0.5) is 4.39 Å². The number of carbonyl (C=O) groups is 1. The van der Waals surface area contributed by atoms with Gasteiger partial charge in [-0.05, 0) is 41.8 Å². The first kappa shape index (κ1) is 18.2. The van der Waals surface area contributed by atoms with Gasteiger partial charge >= 0.3 is 5.97 Å². The largest absolute Gasteiger partial charge is 0.426 e. The van der Waals surface area contributed by atoms with Crippen LogP contribution >= 0.6 is 11.6 Å². The summed E-state index contributed by atoms with van der Waals surface area (Å²) < 4.78 is 19.9. The number of alkyl halides is 1. The highest BCUT2D eigenvalue weighted by atomic mass is 35.5. The maximum atomic E-state index is 14.5. The lowest BCUT2D eigenvalue weighted by molar-refractivity contribution is -0.135. The number of ether oxygens (including phenoxy) is 1. The van der Waals surface area contributed by atoms with E-state index in [4.69, 9.17) is 16.3 Å². The number of carbonyl (C=O) groups excluding carboxylic acids is 1. The summed E-state index contributed by atoms with van der Waals surface area (Å²) in [6, 6.07) is 21.2. The van der Waals surface area contributed by atoms with Crippen molar-refractivity contribution >= 4 is 17.6 Å². The van der Waals surface area contributed by atoms with E-state index in [-0.39, 0.29) is 5.82 Å². The molecule has 0 radical (unpaired) electrons. The summed E-state index contributed by atoms with van der Waals surface area (Å²) in [7, 11) is 0. The van der Waals surface area contributed by atoms with Crippen molar-refractivity contribution in [3.8, 4) is 16.9 Å². The third-order valence-electron chi connectivity index (χ3n) is 4.20. The SMILES string of the molecule is CC(C(=O)Oc1cccc(CCl)c1)c1ccc(-c2ccccc2)c(F)c1. The van der Waals surface area contributed by atoms with Crippen LogP contribution < -0.4 is 4.74 Å². The Morgan fingerprint density at radius 1 is 1.04 bits per heavy atom. The van der Waals surface area contributed by atoms with Gasteiger partial charge in [0, 0.05) is 11.4 Å². The molecule has 3 aromatic carbocycles. The lowest BCUT2D eigenvalue weighted by Gasteiger charge is -2.13. The lowest BCUT2D eigenvalue weighted by Crippen LogP contribution is -2.16. The van der Waals surface area contributed by atoms with Gasteiger partial charge in [0.15, 0.2) is 0 Å². The number of hydrogen-bond donors (Lipinski definition) is 0. The van der Waals surface area contributed by atoms with Gasteiger partial charge in [-0.25, -0.2) is 4.39 Å². The summed E-state index contributed by atoms with van der Waals surface area (Å²) in [5, 5.41) is 0. The zero-order valence-corrected chi connectivity index (χ0v) is 15.0. The second kappa shape index (κ2) is 8.15. The first-order chi connectivity index (χ1) is 12.6. The van der Waals surface area contributed by atoms with E-state index in [1.54, 1.807) is 37.3 Å². The molecule has 0 saturated heterocycles. The third kappa shape index (κ3) is 4.12. The van der Waals surface area contributed by atoms with Crippen molar-refractivity contribution in [1.82, 2.24) is 0 Å². The Kier molecular flexibility index (Phi) is 5.69. The van der Waals surface area contributed by atoms with Gasteiger partial charge in [0.2, 0.25) is 0 Å². The highest BCUT2D eigenvalue weighted by molar-refractivity contribution is 6.17. The van der Waals surface area contributed by atoms with E-state index in [2.05, 4.69) is 0 Å². The molecular formula is C22H18ClFO2. The molecule has 0 fully saturated rings. The minimum Gasteiger partial charge on any atom is -0.426 e. The van der Waals surface area contributed by atoms with Gasteiger partial charge < -0.3 is 4.74 Å². The van der Waals surface area contributed by atoms with Crippen LogP contribution in [0.5, 0.6) is 5.75 Å². The molecule has 0 aliphatic heterocycles. The van der Waals surface area contributed by atoms with Crippen LogP contribution in [0.1, 0.15) is 24.0 Å². The summed E-state index contributed by atoms with van der Waals surface area (Å²) in [6.45, 7) is 1.70. The normalized spacial score (nSPS) is 11.8. The summed E-state index contributed by atoms with van der Waals surface area (Å²) >= 11 is 5.79. The molecule has 0 N–H and O–H groups in total. The number of hydrogen-bond acceptors (Lipinski definition) is 2. The van der Waals surface area contributed by atoms with Crippen LogP contribution in [-0.2, 0) is 10.7 Å². The van der Waals surface area contributed by atoms with Crippen molar-refractivity contribution in [1.29, 1.82) is 0 Å². The van der Waals surface area contributed by atoms with Gasteiger partial charge in [-0.3, -0.25) is 4.79 Å². The van der Waals surface area contributed by atoms with Crippen molar-refractivity contribution in [2.24, 2.45) is 0 Å². The predicted octanol–water partition coefficient (Wildman–Crippen LogP) is 5.94. The predicted molar refractivity (Wildman–Crippen MR) is 102 cm³/mol. The molecule has 0 aliphatic rings. The number of esters is 1. The van der Waals surface area contributed by atoms with E-state index < -0.39 is 11.9 Å². The summed E-state index contributed by atoms with van der Waals surface area (Å²) in [4.78, 5) is 12.4. The Hall–Kier alpha value is -2.65. The van der Waals surface area contributed by atoms with Crippen LogP contribution in [0.3, 0.4) is 0 Å². The standard InChI is InChI=1S/C22H18ClFO2/c1-15(22(25)26-19-9-5-6-16(12-19)14-23)18-10-11-20(21(24)13-18)17-7-3-2-4-8-17/h2-13,15H,14H2,1H3. The van der Waals surface area contributed by atoms with E-state index >= 15 is 0 Å². The molecule has 1 unspecified atom stereocenters. The average Bonchev–Trinajstić information content (AvgIpc) is 2.68. The maximum absolute atomic E-state index is 14.5. The van der Waals surface area contributed by atoms with E-state index in [0.29, 0.717) is 22.8 Å². The monoisotopic (exact) mass is 368 g/mol. The van der Waals surface area contributed by atoms with Gasteiger partial charge in [-0.1, -0.05) is 54.6 Å². The average molecular weight is 369 g/mol. The molecule has 0 aliphatic carbocycles. The highest BCUT2D eigenvalue weighted by Gasteiger charge is 2.19. The highest BCUT2D eigenvalue weighted by Crippen LogP contribution is 2.27. The third-order valence-corrected chi connectivity index (χ3v) is 4.51. The van der Waals surface area contributed by atoms with Crippen molar-refractivity contribution in [3.63, 3.8) is 0 Å². The molecule has 3 rings (SSSR count). The summed E-state index contributed by atoms with van der Waals surface area (Å²) in [6.07, 6.45) is 0. The molecule has 0 saturated carbocycles. The maximum Gasteiger partial charge on any atom is 0.318 e. The molecule has 3 aromatic rings. The van der Waals surface area contributed by atoms with Gasteiger partial charge in [0.25, 0.3) is 0 Å². The minimum atomic E-state index is -0.589. The first-order valence-corrected chi connectivity index (χ1v) is 8.83. The molecule has 26 heavy (non-hydrogen) atoms. The summed E-state index contributed by atoms with van der Waals surface area (Å²) in [5.41, 5.74) is 2.73. The van der Waals surface area contributed by atoms with E-state index in [1.165, 1.54) is 6.07 Å². The fraction of sp³-hybridized carbons (Fsp3) is 0.136. The Balaban J connectivity index is 1.77. The molecule has 0 aromatic heterocycles. The smallest absolute Gasteiger partial charge is 0.318 e. The van der Waals surface area contributed by atoms with Crippen LogP contribution in [0.2, 0.25) is 0 Å². The molecule has 1 atom stereocenters. The lowest BCUT2D eigenvalue weighted by atomic mass is 9.97. The van der Waals surface area contributed by atoms with Gasteiger partial charge in [-0.2, -0.15) is 0 Å². The quantitative estimate of drug-likeness (QED) is 0.316. The van der Waals surface area contributed by atoms with Crippen LogP contribution in [0.15, 0.2) is 72.8 Å². The fourth-order valence-electron chi connectivity index (χ4n) is 2.69. The van der Waals surface area contributed by atoms with Crippen molar-refractivity contribution in [2.45, 2.75) is 18.7 Å². The molecule has 0 spiro atoms.